The summed E-state index contributed by atoms with van der Waals surface area (Å²) in [5.41, 5.74) is 1.05. The number of aromatic nitrogens is 1. The fourth-order valence-corrected chi connectivity index (χ4v) is 1.35. The SMILES string of the molecule is Cn1cccc1CNC(=O)c1ccco1. The van der Waals surface area contributed by atoms with Gasteiger partial charge in [-0.2, -0.15) is 0 Å². The summed E-state index contributed by atoms with van der Waals surface area (Å²) >= 11 is 0. The molecule has 0 bridgehead atoms. The Morgan fingerprint density at radius 3 is 2.93 bits per heavy atom. The predicted molar refractivity (Wildman–Crippen MR) is 55.3 cm³/mol. The van der Waals surface area contributed by atoms with Crippen molar-refractivity contribution >= 4 is 5.91 Å². The molecule has 4 nitrogen and oxygen atoms in total. The smallest absolute Gasteiger partial charge is 0.287 e. The number of hydrogen-bond acceptors (Lipinski definition) is 2. The summed E-state index contributed by atoms with van der Waals surface area (Å²) in [6.07, 6.45) is 3.42. The highest BCUT2D eigenvalue weighted by molar-refractivity contribution is 5.91. The molecule has 0 aromatic carbocycles. The number of amides is 1. The molecule has 0 aliphatic carbocycles. The second-order valence-corrected chi connectivity index (χ2v) is 3.27. The van der Waals surface area contributed by atoms with Crippen molar-refractivity contribution in [1.29, 1.82) is 0 Å². The van der Waals surface area contributed by atoms with Crippen molar-refractivity contribution in [1.82, 2.24) is 9.88 Å². The molecule has 0 atom stereocenters. The minimum atomic E-state index is -0.193. The second kappa shape index (κ2) is 4.04. The summed E-state index contributed by atoms with van der Waals surface area (Å²) in [6.45, 7) is 0.503. The lowest BCUT2D eigenvalue weighted by atomic mass is 10.4. The molecule has 15 heavy (non-hydrogen) atoms. The highest BCUT2D eigenvalue weighted by atomic mass is 16.3. The van der Waals surface area contributed by atoms with Crippen molar-refractivity contribution in [3.8, 4) is 0 Å². The molecule has 1 amide bonds. The van der Waals surface area contributed by atoms with Crippen molar-refractivity contribution < 1.29 is 9.21 Å². The third-order valence-electron chi connectivity index (χ3n) is 2.23. The molecular formula is C11H12N2O2. The summed E-state index contributed by atoms with van der Waals surface area (Å²) in [6, 6.07) is 7.23. The average Bonchev–Trinajstić information content (AvgIpc) is 2.85. The van der Waals surface area contributed by atoms with Gasteiger partial charge in [-0.25, -0.2) is 0 Å². The largest absolute Gasteiger partial charge is 0.459 e. The Hall–Kier alpha value is -1.97. The number of nitrogens with one attached hydrogen (secondary N) is 1. The van der Waals surface area contributed by atoms with Crippen LogP contribution in [0.15, 0.2) is 41.1 Å². The molecule has 0 saturated carbocycles. The molecule has 0 radical (unpaired) electrons. The summed E-state index contributed by atoms with van der Waals surface area (Å²) in [5.74, 6) is 0.144. The fraction of sp³-hybridized carbons (Fsp3) is 0.182. The molecule has 0 aliphatic heterocycles. The molecule has 2 aromatic rings. The lowest BCUT2D eigenvalue weighted by Gasteiger charge is -2.04. The van der Waals surface area contributed by atoms with Gasteiger partial charge >= 0.3 is 0 Å². The van der Waals surface area contributed by atoms with E-state index in [1.807, 2.05) is 29.9 Å². The van der Waals surface area contributed by atoms with Crippen LogP contribution in [0.4, 0.5) is 0 Å². The first kappa shape index (κ1) is 9.58. The Balaban J connectivity index is 1.95. The van der Waals surface area contributed by atoms with Crippen molar-refractivity contribution in [3.05, 3.63) is 48.2 Å². The van der Waals surface area contributed by atoms with Crippen molar-refractivity contribution in [3.63, 3.8) is 0 Å². The van der Waals surface area contributed by atoms with Crippen LogP contribution in [0, 0.1) is 0 Å². The van der Waals surface area contributed by atoms with Crippen molar-refractivity contribution in [2.24, 2.45) is 7.05 Å². The maximum Gasteiger partial charge on any atom is 0.287 e. The number of rotatable bonds is 3. The van der Waals surface area contributed by atoms with Gasteiger partial charge in [0.2, 0.25) is 0 Å². The van der Waals surface area contributed by atoms with E-state index < -0.39 is 0 Å². The molecular weight excluding hydrogens is 192 g/mol. The van der Waals surface area contributed by atoms with E-state index in [0.717, 1.165) is 5.69 Å². The van der Waals surface area contributed by atoms with Crippen molar-refractivity contribution in [2.75, 3.05) is 0 Å². The van der Waals surface area contributed by atoms with Crippen LogP contribution in [0.2, 0.25) is 0 Å². The molecule has 2 heterocycles. The molecule has 0 fully saturated rings. The zero-order chi connectivity index (χ0) is 10.7. The minimum absolute atomic E-state index is 0.193. The number of aryl methyl sites for hydroxylation is 1. The standard InChI is InChI=1S/C11H12N2O2/c1-13-6-2-4-9(13)8-12-11(14)10-5-3-7-15-10/h2-7H,8H2,1H3,(H,12,14). The summed E-state index contributed by atoms with van der Waals surface area (Å²) in [4.78, 5) is 11.5. The minimum Gasteiger partial charge on any atom is -0.459 e. The van der Waals surface area contributed by atoms with Gasteiger partial charge in [0.1, 0.15) is 0 Å². The first-order valence-corrected chi connectivity index (χ1v) is 4.69. The van der Waals surface area contributed by atoms with Crippen molar-refractivity contribution in [2.45, 2.75) is 6.54 Å². The third-order valence-corrected chi connectivity index (χ3v) is 2.23. The van der Waals surface area contributed by atoms with Crippen LogP contribution < -0.4 is 5.32 Å². The van der Waals surface area contributed by atoms with Crippen LogP contribution in [0.5, 0.6) is 0 Å². The molecule has 0 unspecified atom stereocenters. The molecule has 2 rings (SSSR count). The monoisotopic (exact) mass is 204 g/mol. The Morgan fingerprint density at radius 2 is 2.33 bits per heavy atom. The van der Waals surface area contributed by atoms with Crippen LogP contribution in [-0.4, -0.2) is 10.5 Å². The van der Waals surface area contributed by atoms with E-state index in [2.05, 4.69) is 5.32 Å². The first-order valence-electron chi connectivity index (χ1n) is 4.69. The van der Waals surface area contributed by atoms with Crippen LogP contribution in [0.1, 0.15) is 16.2 Å². The topological polar surface area (TPSA) is 47.2 Å². The van der Waals surface area contributed by atoms with E-state index in [4.69, 9.17) is 4.42 Å². The molecule has 1 N–H and O–H groups in total. The van der Waals surface area contributed by atoms with E-state index >= 15 is 0 Å². The Kier molecular flexibility index (Phi) is 2.58. The maximum atomic E-state index is 11.5. The molecule has 78 valence electrons. The van der Waals surface area contributed by atoms with E-state index in [1.165, 1.54) is 6.26 Å². The number of nitrogens with zero attached hydrogens (tertiary/aromatic N) is 1. The Morgan fingerprint density at radius 1 is 1.47 bits per heavy atom. The third kappa shape index (κ3) is 2.10. The van der Waals surface area contributed by atoms with Gasteiger partial charge in [-0.1, -0.05) is 0 Å². The van der Waals surface area contributed by atoms with E-state index in [9.17, 15) is 4.79 Å². The van der Waals surface area contributed by atoms with Gasteiger partial charge in [0, 0.05) is 18.9 Å². The number of hydrogen-bond donors (Lipinski definition) is 1. The molecule has 0 saturated heterocycles. The highest BCUT2D eigenvalue weighted by Gasteiger charge is 2.07. The summed E-state index contributed by atoms with van der Waals surface area (Å²) < 4.78 is 6.94. The average molecular weight is 204 g/mol. The van der Waals surface area contributed by atoms with Gasteiger partial charge in [0.25, 0.3) is 5.91 Å². The number of carbonyl (C=O) groups excluding carboxylic acids is 1. The molecule has 4 heteroatoms. The van der Waals surface area contributed by atoms with E-state index in [1.54, 1.807) is 12.1 Å². The zero-order valence-electron chi connectivity index (χ0n) is 8.43. The fourth-order valence-electron chi connectivity index (χ4n) is 1.35. The van der Waals surface area contributed by atoms with Gasteiger partial charge in [0.15, 0.2) is 5.76 Å². The second-order valence-electron chi connectivity index (χ2n) is 3.27. The van der Waals surface area contributed by atoms with Gasteiger partial charge in [-0.3, -0.25) is 4.79 Å². The van der Waals surface area contributed by atoms with Crippen LogP contribution in [0.3, 0.4) is 0 Å². The summed E-state index contributed by atoms with van der Waals surface area (Å²) in [5, 5.41) is 2.77. The number of furan rings is 1. The van der Waals surface area contributed by atoms with Gasteiger partial charge in [-0.15, -0.1) is 0 Å². The van der Waals surface area contributed by atoms with Gasteiger partial charge in [-0.05, 0) is 24.3 Å². The summed E-state index contributed by atoms with van der Waals surface area (Å²) in [7, 11) is 1.94. The Bertz CT molecular complexity index is 443. The quantitative estimate of drug-likeness (QED) is 0.824. The lowest BCUT2D eigenvalue weighted by Crippen LogP contribution is -2.23. The Labute approximate surface area is 87.5 Å². The normalized spacial score (nSPS) is 10.2. The van der Waals surface area contributed by atoms with Crippen LogP contribution >= 0.6 is 0 Å². The highest BCUT2D eigenvalue weighted by Crippen LogP contribution is 2.02. The maximum absolute atomic E-state index is 11.5. The molecule has 0 aliphatic rings. The van der Waals surface area contributed by atoms with E-state index in [0.29, 0.717) is 12.3 Å². The first-order chi connectivity index (χ1) is 7.27. The van der Waals surface area contributed by atoms with E-state index in [-0.39, 0.29) is 5.91 Å². The van der Waals surface area contributed by atoms with Crippen LogP contribution in [0.25, 0.3) is 0 Å². The molecule has 2 aromatic heterocycles. The number of carbonyl (C=O) groups is 1. The lowest BCUT2D eigenvalue weighted by molar-refractivity contribution is 0.0922. The van der Waals surface area contributed by atoms with Gasteiger partial charge < -0.3 is 14.3 Å². The predicted octanol–water partition coefficient (Wildman–Crippen LogP) is 1.55. The van der Waals surface area contributed by atoms with Gasteiger partial charge in [0.05, 0.1) is 12.8 Å². The van der Waals surface area contributed by atoms with Crippen LogP contribution in [-0.2, 0) is 13.6 Å². The molecule has 0 spiro atoms. The zero-order valence-corrected chi connectivity index (χ0v) is 8.43.